The molecule has 0 radical (unpaired) electrons. The van der Waals surface area contributed by atoms with Crippen LogP contribution >= 0.6 is 56.9 Å². The highest BCUT2D eigenvalue weighted by Gasteiger charge is 2.34. The van der Waals surface area contributed by atoms with Crippen molar-refractivity contribution in [3.05, 3.63) is 35.4 Å². The second-order valence-corrected chi connectivity index (χ2v) is 8.85. The van der Waals surface area contributed by atoms with E-state index in [2.05, 4.69) is 74.6 Å². The smallest absolute Gasteiger partial charge is 0.129 e. The van der Waals surface area contributed by atoms with Crippen LogP contribution in [0.5, 0.6) is 0 Å². The highest BCUT2D eigenvalue weighted by Crippen LogP contribution is 2.40. The van der Waals surface area contributed by atoms with Crippen LogP contribution in [0.2, 0.25) is 0 Å². The van der Waals surface area contributed by atoms with Gasteiger partial charge in [-0.1, -0.05) is 11.8 Å². The van der Waals surface area contributed by atoms with Crippen molar-refractivity contribution in [1.29, 1.82) is 0 Å². The quantitative estimate of drug-likeness (QED) is 0.407. The Balaban J connectivity index is 1.85. The summed E-state index contributed by atoms with van der Waals surface area (Å²) in [5, 5.41) is 3.64. The number of nitrogens with one attached hydrogen (secondary N) is 1. The third-order valence-corrected chi connectivity index (χ3v) is 7.10. The highest BCUT2D eigenvalue weighted by molar-refractivity contribution is 14.1. The van der Waals surface area contributed by atoms with Gasteiger partial charge in [0.2, 0.25) is 0 Å². The lowest BCUT2D eigenvalue weighted by atomic mass is 10.0. The summed E-state index contributed by atoms with van der Waals surface area (Å²) in [5.41, 5.74) is 15.9. The number of hydrogen-bond donors (Lipinski definition) is 3. The molecule has 21 heavy (non-hydrogen) atoms. The highest BCUT2D eigenvalue weighted by atomic mass is 127. The molecule has 7 heteroatoms. The first-order chi connectivity index (χ1) is 9.97. The van der Waals surface area contributed by atoms with Gasteiger partial charge in [0.15, 0.2) is 0 Å². The third-order valence-electron chi connectivity index (χ3n) is 3.99. The summed E-state index contributed by atoms with van der Waals surface area (Å²) in [7, 11) is 2.09. The SMILES string of the molecule is CN1C2=C(SC1N)C(Cc1cc(I)c(N)c(I)c1)NCC2. The standard InChI is InChI=1S/C14H18I2N4S/c1-20-11-2-3-19-10(13(11)21-14(20)18)6-7-4-8(15)12(17)9(16)5-7/h4-5,10,14,19H,2-3,6,17-18H2,1H3. The second-order valence-electron chi connectivity index (χ2n) is 5.36. The molecule has 2 heterocycles. The summed E-state index contributed by atoms with van der Waals surface area (Å²) in [6.07, 6.45) is 2.05. The van der Waals surface area contributed by atoms with E-state index in [1.54, 1.807) is 11.8 Å². The van der Waals surface area contributed by atoms with Crippen LogP contribution in [0, 0.1) is 7.14 Å². The maximum absolute atomic E-state index is 6.16. The van der Waals surface area contributed by atoms with E-state index in [1.165, 1.54) is 16.2 Å². The molecule has 2 atom stereocenters. The van der Waals surface area contributed by atoms with Crippen LogP contribution in [0.1, 0.15) is 12.0 Å². The Morgan fingerprint density at radius 3 is 2.71 bits per heavy atom. The Morgan fingerprint density at radius 1 is 1.38 bits per heavy atom. The number of rotatable bonds is 2. The van der Waals surface area contributed by atoms with Gasteiger partial charge in [-0.15, -0.1) is 0 Å². The fourth-order valence-electron chi connectivity index (χ4n) is 2.80. The molecule has 0 aromatic heterocycles. The molecule has 0 saturated carbocycles. The molecule has 0 spiro atoms. The molecule has 0 amide bonds. The lowest BCUT2D eigenvalue weighted by Gasteiger charge is -2.27. The van der Waals surface area contributed by atoms with Gasteiger partial charge in [-0.25, -0.2) is 0 Å². The maximum Gasteiger partial charge on any atom is 0.129 e. The molecule has 4 nitrogen and oxygen atoms in total. The van der Waals surface area contributed by atoms with Crippen LogP contribution in [0.25, 0.3) is 0 Å². The molecule has 1 aromatic rings. The molecule has 114 valence electrons. The average molecular weight is 528 g/mol. The first-order valence-electron chi connectivity index (χ1n) is 6.82. The predicted octanol–water partition coefficient (Wildman–Crippen LogP) is 2.51. The summed E-state index contributed by atoms with van der Waals surface area (Å²) >= 11 is 6.41. The van der Waals surface area contributed by atoms with Gasteiger partial charge in [0.25, 0.3) is 0 Å². The lowest BCUT2D eigenvalue weighted by Crippen LogP contribution is -2.38. The number of nitrogens with two attached hydrogens (primary N) is 2. The topological polar surface area (TPSA) is 67.3 Å². The molecular formula is C14H18I2N4S. The first-order valence-corrected chi connectivity index (χ1v) is 9.86. The Morgan fingerprint density at radius 2 is 2.05 bits per heavy atom. The Labute approximate surface area is 156 Å². The summed E-state index contributed by atoms with van der Waals surface area (Å²) in [6.45, 7) is 1.02. The molecule has 0 fully saturated rings. The van der Waals surface area contributed by atoms with Crippen molar-refractivity contribution in [2.45, 2.75) is 24.4 Å². The molecule has 2 aliphatic heterocycles. The number of halogens is 2. The third kappa shape index (κ3) is 3.17. The minimum Gasteiger partial charge on any atom is -0.397 e. The number of anilines is 1. The van der Waals surface area contributed by atoms with E-state index >= 15 is 0 Å². The van der Waals surface area contributed by atoms with Crippen molar-refractivity contribution in [2.24, 2.45) is 5.73 Å². The first kappa shape index (κ1) is 16.2. The van der Waals surface area contributed by atoms with Gasteiger partial charge >= 0.3 is 0 Å². The largest absolute Gasteiger partial charge is 0.397 e. The summed E-state index contributed by atoms with van der Waals surface area (Å²) in [4.78, 5) is 3.63. The fourth-order valence-corrected chi connectivity index (χ4v) is 5.96. The van der Waals surface area contributed by atoms with Gasteiger partial charge in [-0.3, -0.25) is 0 Å². The minimum atomic E-state index is 0.0593. The zero-order chi connectivity index (χ0) is 15.1. The summed E-state index contributed by atoms with van der Waals surface area (Å²) in [6, 6.07) is 4.75. The molecule has 2 aliphatic rings. The molecule has 5 N–H and O–H groups in total. The van der Waals surface area contributed by atoms with Gasteiger partial charge < -0.3 is 21.7 Å². The zero-order valence-electron chi connectivity index (χ0n) is 11.7. The van der Waals surface area contributed by atoms with Gasteiger partial charge in [-0.2, -0.15) is 0 Å². The summed E-state index contributed by atoms with van der Waals surface area (Å²) in [5.74, 6) is 0. The van der Waals surface area contributed by atoms with Crippen LogP contribution in [0.3, 0.4) is 0 Å². The number of nitrogens with zero attached hydrogens (tertiary/aromatic N) is 1. The second kappa shape index (κ2) is 6.42. The molecule has 0 aliphatic carbocycles. The normalized spacial score (nSPS) is 25.4. The van der Waals surface area contributed by atoms with Crippen molar-refractivity contribution >= 4 is 62.6 Å². The van der Waals surface area contributed by atoms with Crippen LogP contribution in [0.15, 0.2) is 22.7 Å². The van der Waals surface area contributed by atoms with Gasteiger partial charge in [0, 0.05) is 43.8 Å². The number of nitrogen functional groups attached to an aromatic ring is 1. The van der Waals surface area contributed by atoms with E-state index in [0.29, 0.717) is 6.04 Å². The Hall–Kier alpha value is 0.290. The van der Waals surface area contributed by atoms with Crippen LogP contribution < -0.4 is 16.8 Å². The van der Waals surface area contributed by atoms with E-state index in [4.69, 9.17) is 11.5 Å². The maximum atomic E-state index is 6.16. The van der Waals surface area contributed by atoms with E-state index in [-0.39, 0.29) is 5.50 Å². The van der Waals surface area contributed by atoms with E-state index in [0.717, 1.165) is 32.2 Å². The average Bonchev–Trinajstić information content (AvgIpc) is 2.73. The number of hydrogen-bond acceptors (Lipinski definition) is 5. The van der Waals surface area contributed by atoms with Crippen molar-refractivity contribution in [3.8, 4) is 0 Å². The van der Waals surface area contributed by atoms with Crippen LogP contribution in [-0.2, 0) is 6.42 Å². The Bertz CT molecular complexity index is 582. The minimum absolute atomic E-state index is 0.0593. The van der Waals surface area contributed by atoms with Crippen molar-refractivity contribution < 1.29 is 0 Å². The van der Waals surface area contributed by atoms with E-state index in [1.807, 2.05) is 0 Å². The van der Waals surface area contributed by atoms with Crippen molar-refractivity contribution in [1.82, 2.24) is 10.2 Å². The molecule has 2 unspecified atom stereocenters. The summed E-state index contributed by atoms with van der Waals surface area (Å²) < 4.78 is 2.26. The van der Waals surface area contributed by atoms with Crippen LogP contribution in [0.4, 0.5) is 5.69 Å². The molecule has 3 rings (SSSR count). The van der Waals surface area contributed by atoms with Crippen molar-refractivity contribution in [3.63, 3.8) is 0 Å². The van der Waals surface area contributed by atoms with Crippen molar-refractivity contribution in [2.75, 3.05) is 19.3 Å². The van der Waals surface area contributed by atoms with Gasteiger partial charge in [0.1, 0.15) is 5.50 Å². The monoisotopic (exact) mass is 528 g/mol. The molecule has 0 bridgehead atoms. The molecule has 0 saturated heterocycles. The molecular weight excluding hydrogens is 510 g/mol. The Kier molecular flexibility index (Phi) is 4.94. The van der Waals surface area contributed by atoms with Crippen LogP contribution in [-0.4, -0.2) is 30.0 Å². The zero-order valence-corrected chi connectivity index (χ0v) is 16.8. The van der Waals surface area contributed by atoms with E-state index in [9.17, 15) is 0 Å². The van der Waals surface area contributed by atoms with Gasteiger partial charge in [0.05, 0.1) is 5.69 Å². The molecule has 1 aromatic carbocycles. The van der Waals surface area contributed by atoms with E-state index < -0.39 is 0 Å². The fraction of sp³-hybridized carbons (Fsp3) is 0.429. The number of thioether (sulfide) groups is 1. The lowest BCUT2D eigenvalue weighted by molar-refractivity contribution is 0.375. The van der Waals surface area contributed by atoms with Gasteiger partial charge in [-0.05, 0) is 69.3 Å². The predicted molar refractivity (Wildman–Crippen MR) is 107 cm³/mol. The number of benzene rings is 1.